The highest BCUT2D eigenvalue weighted by atomic mass is 16.3. The minimum absolute atomic E-state index is 0.0404. The third-order valence-electron chi connectivity index (χ3n) is 8.18. The molecule has 1 aliphatic heterocycles. The molecule has 0 unspecified atom stereocenters. The largest absolute Gasteiger partial charge is 0.386 e. The van der Waals surface area contributed by atoms with Gasteiger partial charge in [0.2, 0.25) is 5.95 Å². The highest BCUT2D eigenvalue weighted by molar-refractivity contribution is 5.91. The zero-order valence-electron chi connectivity index (χ0n) is 24.9. The second-order valence-corrected chi connectivity index (χ2v) is 11.9. The summed E-state index contributed by atoms with van der Waals surface area (Å²) in [5, 5.41) is 30.5. The minimum Gasteiger partial charge on any atom is -0.386 e. The second-order valence-electron chi connectivity index (χ2n) is 11.9. The van der Waals surface area contributed by atoms with Crippen LogP contribution in [0.15, 0.2) is 67.3 Å². The van der Waals surface area contributed by atoms with Crippen molar-refractivity contribution in [1.29, 1.82) is 5.26 Å². The van der Waals surface area contributed by atoms with Gasteiger partial charge < -0.3 is 20.6 Å². The van der Waals surface area contributed by atoms with Crippen LogP contribution in [0, 0.1) is 11.3 Å². The van der Waals surface area contributed by atoms with Crippen LogP contribution in [0.1, 0.15) is 43.7 Å². The molecule has 1 aromatic carbocycles. The lowest BCUT2D eigenvalue weighted by Gasteiger charge is -2.45. The highest BCUT2D eigenvalue weighted by Gasteiger charge is 2.39. The fraction of sp³-hybridized carbons (Fsp3) is 0.375. The summed E-state index contributed by atoms with van der Waals surface area (Å²) in [6.07, 6.45) is 10.2. The van der Waals surface area contributed by atoms with Gasteiger partial charge in [0.05, 0.1) is 18.0 Å². The van der Waals surface area contributed by atoms with E-state index < -0.39 is 5.60 Å². The number of nitriles is 1. The van der Waals surface area contributed by atoms with Crippen LogP contribution in [0.25, 0.3) is 11.1 Å². The van der Waals surface area contributed by atoms with Gasteiger partial charge in [0.15, 0.2) is 5.82 Å². The smallest absolute Gasteiger partial charge is 0.323 e. The minimum atomic E-state index is -0.781. The Morgan fingerprint density at radius 1 is 1.07 bits per heavy atom. The molecule has 3 N–H and O–H groups in total. The van der Waals surface area contributed by atoms with Crippen molar-refractivity contribution >= 4 is 23.6 Å². The molecule has 0 radical (unpaired) electrons. The van der Waals surface area contributed by atoms with E-state index in [9.17, 15) is 15.2 Å². The van der Waals surface area contributed by atoms with Crippen LogP contribution in [0.2, 0.25) is 0 Å². The first kappa shape index (κ1) is 29.1. The lowest BCUT2D eigenvalue weighted by Crippen LogP contribution is -2.60. The number of nitrogens with zero attached hydrogens (tertiary/aromatic N) is 8. The molecule has 2 amide bonds. The van der Waals surface area contributed by atoms with E-state index in [4.69, 9.17) is 4.98 Å². The van der Waals surface area contributed by atoms with E-state index in [1.54, 1.807) is 28.9 Å². The molecule has 4 aromatic rings. The van der Waals surface area contributed by atoms with Gasteiger partial charge in [-0.15, -0.1) is 0 Å². The maximum absolute atomic E-state index is 13.7. The number of carbonyl (C=O) groups is 1. The van der Waals surface area contributed by atoms with E-state index in [1.807, 2.05) is 60.6 Å². The Balaban J connectivity index is 1.15. The first-order valence-corrected chi connectivity index (χ1v) is 14.8. The molecule has 2 fully saturated rings. The second kappa shape index (κ2) is 12.3. The number of pyridine rings is 1. The summed E-state index contributed by atoms with van der Waals surface area (Å²) in [6.45, 7) is 3.03. The molecule has 0 bridgehead atoms. The van der Waals surface area contributed by atoms with Crippen LogP contribution >= 0.6 is 0 Å². The number of nitrogens with one attached hydrogen (secondary N) is 2. The molecule has 226 valence electrons. The van der Waals surface area contributed by atoms with Crippen molar-refractivity contribution in [2.75, 3.05) is 28.2 Å². The molecule has 2 aliphatic rings. The number of aryl methyl sites for hydroxylation is 1. The molecule has 4 heterocycles. The Kier molecular flexibility index (Phi) is 8.13. The lowest BCUT2D eigenvalue weighted by atomic mass is 9.90. The Morgan fingerprint density at radius 3 is 2.48 bits per heavy atom. The molecule has 1 saturated carbocycles. The maximum Gasteiger partial charge on any atom is 0.323 e. The number of aromatic nitrogens is 5. The molecule has 6 rings (SSSR count). The number of hydrogen-bond donors (Lipinski definition) is 3. The SMILES string of the molecule is Cn1cc(-c2ccc(N(C(=O)NCc3ccccc3)[C@H]3CC[C@H](Nc4ncc(C#N)c(N5CC(C)(O)C5)n4)CC3)nc2)cn1. The zero-order chi connectivity index (χ0) is 30.7. The number of carbonyl (C=O) groups excluding carboxylic acids is 1. The van der Waals surface area contributed by atoms with Gasteiger partial charge in [-0.2, -0.15) is 15.3 Å². The number of anilines is 3. The van der Waals surface area contributed by atoms with Gasteiger partial charge in [-0.05, 0) is 50.3 Å². The van der Waals surface area contributed by atoms with Crippen molar-refractivity contribution in [1.82, 2.24) is 30.0 Å². The average Bonchev–Trinajstić information content (AvgIpc) is 3.46. The van der Waals surface area contributed by atoms with Crippen LogP contribution in [0.5, 0.6) is 0 Å². The predicted molar refractivity (Wildman–Crippen MR) is 167 cm³/mol. The summed E-state index contributed by atoms with van der Waals surface area (Å²) < 4.78 is 1.75. The van der Waals surface area contributed by atoms with E-state index in [1.165, 1.54) is 6.20 Å². The first-order valence-electron chi connectivity index (χ1n) is 14.8. The van der Waals surface area contributed by atoms with Crippen LogP contribution in [-0.4, -0.2) is 66.6 Å². The number of urea groups is 1. The fourth-order valence-corrected chi connectivity index (χ4v) is 5.93. The van der Waals surface area contributed by atoms with E-state index in [2.05, 4.69) is 31.8 Å². The fourth-order valence-electron chi connectivity index (χ4n) is 5.93. The quantitative estimate of drug-likeness (QED) is 0.277. The number of amides is 2. The van der Waals surface area contributed by atoms with E-state index >= 15 is 0 Å². The molecule has 0 spiro atoms. The van der Waals surface area contributed by atoms with Gasteiger partial charge in [0.1, 0.15) is 17.5 Å². The standard InChI is InChI=1S/C32H36N10O2/c1-32(44)20-41(21-32)29-24(14-33)17-35-30(39-29)38-26-9-11-27(12-10-26)42(31(43)36-15-22-6-4-3-5-7-22)28-13-8-23(16-34-28)25-18-37-40(2)19-25/h3-8,13,16-19,26-27,44H,9-12,15,20-21H2,1-2H3,(H,36,43)(H,35,38,39)/t26-,27-. The van der Waals surface area contributed by atoms with Gasteiger partial charge in [-0.3, -0.25) is 9.58 Å². The van der Waals surface area contributed by atoms with Gasteiger partial charge in [0, 0.05) is 62.3 Å². The monoisotopic (exact) mass is 592 g/mol. The summed E-state index contributed by atoms with van der Waals surface area (Å²) in [4.78, 5) is 31.1. The molecule has 12 nitrogen and oxygen atoms in total. The molecule has 12 heteroatoms. The third-order valence-corrected chi connectivity index (χ3v) is 8.18. The summed E-state index contributed by atoms with van der Waals surface area (Å²) in [7, 11) is 1.87. The van der Waals surface area contributed by atoms with Crippen LogP contribution < -0.4 is 20.4 Å². The molecule has 0 atom stereocenters. The Bertz CT molecular complexity index is 1630. The molecule has 1 aliphatic carbocycles. The zero-order valence-corrected chi connectivity index (χ0v) is 24.9. The maximum atomic E-state index is 13.7. The number of benzene rings is 1. The highest BCUT2D eigenvalue weighted by Crippen LogP contribution is 2.31. The summed E-state index contributed by atoms with van der Waals surface area (Å²) >= 11 is 0. The number of rotatable bonds is 8. The Morgan fingerprint density at radius 2 is 1.84 bits per heavy atom. The third kappa shape index (κ3) is 6.48. The van der Waals surface area contributed by atoms with Gasteiger partial charge in [0.25, 0.3) is 0 Å². The van der Waals surface area contributed by atoms with Gasteiger partial charge >= 0.3 is 6.03 Å². The molecule has 1 saturated heterocycles. The van der Waals surface area contributed by atoms with Crippen molar-refractivity contribution in [3.8, 4) is 17.2 Å². The van der Waals surface area contributed by atoms with Crippen molar-refractivity contribution in [3.05, 3.63) is 78.4 Å². The molecule has 44 heavy (non-hydrogen) atoms. The van der Waals surface area contributed by atoms with Gasteiger partial charge in [-0.1, -0.05) is 30.3 Å². The van der Waals surface area contributed by atoms with Crippen LogP contribution in [0.4, 0.5) is 22.4 Å². The Hall–Kier alpha value is -5.02. The van der Waals surface area contributed by atoms with Crippen molar-refractivity contribution < 1.29 is 9.90 Å². The van der Waals surface area contributed by atoms with Crippen molar-refractivity contribution in [3.63, 3.8) is 0 Å². The topological polar surface area (TPSA) is 148 Å². The normalized spacial score (nSPS) is 19.0. The van der Waals surface area contributed by atoms with E-state index in [0.717, 1.165) is 42.4 Å². The Labute approximate surface area is 256 Å². The van der Waals surface area contributed by atoms with Crippen LogP contribution in [0.3, 0.4) is 0 Å². The summed E-state index contributed by atoms with van der Waals surface area (Å²) in [5.74, 6) is 1.59. The molecule has 3 aromatic heterocycles. The number of hydrogen-bond acceptors (Lipinski definition) is 9. The molecular formula is C32H36N10O2. The lowest BCUT2D eigenvalue weighted by molar-refractivity contribution is 0.0305. The summed E-state index contributed by atoms with van der Waals surface area (Å²) in [6, 6.07) is 15.8. The first-order chi connectivity index (χ1) is 21.3. The van der Waals surface area contributed by atoms with Gasteiger partial charge in [-0.25, -0.2) is 14.8 Å². The van der Waals surface area contributed by atoms with Crippen molar-refractivity contribution in [2.24, 2.45) is 7.05 Å². The van der Waals surface area contributed by atoms with E-state index in [0.29, 0.717) is 42.8 Å². The van der Waals surface area contributed by atoms with E-state index in [-0.39, 0.29) is 18.1 Å². The number of aliphatic hydroxyl groups is 1. The molecular weight excluding hydrogens is 556 g/mol. The number of β-amino-alcohol motifs (C(OH)–C–C–N with tert-alkyl or cyclic N) is 1. The predicted octanol–water partition coefficient (Wildman–Crippen LogP) is 3.85. The summed E-state index contributed by atoms with van der Waals surface area (Å²) in [5.41, 5.74) is 2.52. The average molecular weight is 593 g/mol. The van der Waals surface area contributed by atoms with Crippen molar-refractivity contribution in [2.45, 2.75) is 56.8 Å². The van der Waals surface area contributed by atoms with Crippen LogP contribution in [-0.2, 0) is 13.6 Å².